The lowest BCUT2D eigenvalue weighted by Crippen LogP contribution is -2.26. The van der Waals surface area contributed by atoms with E-state index in [0.717, 1.165) is 0 Å². The lowest BCUT2D eigenvalue weighted by atomic mass is 9.85. The van der Waals surface area contributed by atoms with Crippen molar-refractivity contribution in [3.8, 4) is 0 Å². The lowest BCUT2D eigenvalue weighted by Gasteiger charge is -2.26. The van der Waals surface area contributed by atoms with Crippen LogP contribution < -0.4 is 5.32 Å². The second-order valence-electron chi connectivity index (χ2n) is 6.39. The second kappa shape index (κ2) is 5.90. The standard InChI is InChI=1S/C14H25N3O2/c1-14(2,3)16-13-15-12(17-19-13)11(18-4)10-8-6-5-7-9-10/h10-11H,5-9H2,1-4H3,(H,15,16,17). The van der Waals surface area contributed by atoms with Crippen molar-refractivity contribution in [2.24, 2.45) is 5.92 Å². The van der Waals surface area contributed by atoms with E-state index in [9.17, 15) is 0 Å². The summed E-state index contributed by atoms with van der Waals surface area (Å²) in [6, 6.07) is 0.473. The van der Waals surface area contributed by atoms with Crippen molar-refractivity contribution in [1.82, 2.24) is 10.1 Å². The third-order valence-electron chi connectivity index (χ3n) is 3.51. The first-order valence-electron chi connectivity index (χ1n) is 7.14. The zero-order valence-electron chi connectivity index (χ0n) is 12.4. The highest BCUT2D eigenvalue weighted by molar-refractivity contribution is 5.23. The molecule has 5 nitrogen and oxygen atoms in total. The van der Waals surface area contributed by atoms with Gasteiger partial charge in [0.1, 0.15) is 6.10 Å². The zero-order chi connectivity index (χ0) is 13.9. The largest absolute Gasteiger partial charge is 0.373 e. The van der Waals surface area contributed by atoms with Crippen LogP contribution >= 0.6 is 0 Å². The summed E-state index contributed by atoms with van der Waals surface area (Å²) in [5, 5.41) is 7.26. The Morgan fingerprint density at radius 1 is 1.26 bits per heavy atom. The maximum absolute atomic E-state index is 5.61. The minimum atomic E-state index is -0.0861. The molecule has 1 unspecified atom stereocenters. The molecule has 19 heavy (non-hydrogen) atoms. The molecule has 1 aliphatic rings. The monoisotopic (exact) mass is 267 g/mol. The number of methoxy groups -OCH3 is 1. The van der Waals surface area contributed by atoms with Crippen LogP contribution in [-0.2, 0) is 4.74 Å². The van der Waals surface area contributed by atoms with Crippen LogP contribution in [0.2, 0.25) is 0 Å². The normalized spacial score (nSPS) is 19.4. The molecule has 0 aliphatic heterocycles. The van der Waals surface area contributed by atoms with E-state index in [0.29, 0.717) is 17.8 Å². The Morgan fingerprint density at radius 3 is 2.53 bits per heavy atom. The fourth-order valence-electron chi connectivity index (χ4n) is 2.67. The number of nitrogens with one attached hydrogen (secondary N) is 1. The Labute approximate surface area is 115 Å². The molecule has 1 N–H and O–H groups in total. The lowest BCUT2D eigenvalue weighted by molar-refractivity contribution is 0.0274. The van der Waals surface area contributed by atoms with Crippen molar-refractivity contribution in [3.05, 3.63) is 5.82 Å². The summed E-state index contributed by atoms with van der Waals surface area (Å²) in [4.78, 5) is 4.43. The van der Waals surface area contributed by atoms with Gasteiger partial charge in [-0.05, 0) is 39.5 Å². The third kappa shape index (κ3) is 3.93. The molecular weight excluding hydrogens is 242 g/mol. The number of nitrogens with zero attached hydrogens (tertiary/aromatic N) is 2. The molecule has 1 aromatic rings. The van der Waals surface area contributed by atoms with Gasteiger partial charge in [-0.1, -0.05) is 24.4 Å². The molecule has 0 spiro atoms. The molecule has 1 saturated carbocycles. The second-order valence-corrected chi connectivity index (χ2v) is 6.39. The van der Waals surface area contributed by atoms with Crippen LogP contribution in [0.15, 0.2) is 4.52 Å². The van der Waals surface area contributed by atoms with Gasteiger partial charge in [-0.3, -0.25) is 0 Å². The predicted molar refractivity (Wildman–Crippen MR) is 74.0 cm³/mol. The summed E-state index contributed by atoms with van der Waals surface area (Å²) in [5.74, 6) is 1.18. The molecule has 0 amide bonds. The van der Waals surface area contributed by atoms with E-state index in [1.807, 2.05) is 0 Å². The van der Waals surface area contributed by atoms with Gasteiger partial charge in [0.2, 0.25) is 5.82 Å². The van der Waals surface area contributed by atoms with Gasteiger partial charge in [-0.2, -0.15) is 4.98 Å². The van der Waals surface area contributed by atoms with Crippen molar-refractivity contribution in [2.75, 3.05) is 12.4 Å². The number of ether oxygens (including phenoxy) is 1. The summed E-state index contributed by atoms with van der Waals surface area (Å²) in [5.41, 5.74) is -0.0861. The predicted octanol–water partition coefficient (Wildman–Crippen LogP) is 3.55. The van der Waals surface area contributed by atoms with Crippen molar-refractivity contribution in [2.45, 2.75) is 64.5 Å². The van der Waals surface area contributed by atoms with Crippen LogP contribution in [-0.4, -0.2) is 22.8 Å². The van der Waals surface area contributed by atoms with E-state index < -0.39 is 0 Å². The van der Waals surface area contributed by atoms with E-state index in [2.05, 4.69) is 36.2 Å². The topological polar surface area (TPSA) is 60.2 Å². The Kier molecular flexibility index (Phi) is 4.45. The maximum Gasteiger partial charge on any atom is 0.321 e. The fraction of sp³-hybridized carbons (Fsp3) is 0.857. The maximum atomic E-state index is 5.61. The van der Waals surface area contributed by atoms with E-state index in [1.54, 1.807) is 7.11 Å². The van der Waals surface area contributed by atoms with Gasteiger partial charge in [-0.25, -0.2) is 0 Å². The molecule has 0 saturated heterocycles. The van der Waals surface area contributed by atoms with Gasteiger partial charge < -0.3 is 14.6 Å². The quantitative estimate of drug-likeness (QED) is 0.904. The molecule has 1 heterocycles. The van der Waals surface area contributed by atoms with Gasteiger partial charge in [0, 0.05) is 12.6 Å². The minimum Gasteiger partial charge on any atom is -0.373 e. The van der Waals surface area contributed by atoms with Crippen molar-refractivity contribution in [3.63, 3.8) is 0 Å². The van der Waals surface area contributed by atoms with Crippen LogP contribution in [0.3, 0.4) is 0 Å². The van der Waals surface area contributed by atoms with Gasteiger partial charge in [0.15, 0.2) is 0 Å². The average Bonchev–Trinajstić information content (AvgIpc) is 2.77. The summed E-state index contributed by atoms with van der Waals surface area (Å²) in [6.45, 7) is 6.18. The van der Waals surface area contributed by atoms with Crippen LogP contribution in [0.4, 0.5) is 6.01 Å². The minimum absolute atomic E-state index is 0.0421. The highest BCUT2D eigenvalue weighted by atomic mass is 16.5. The summed E-state index contributed by atoms with van der Waals surface area (Å²) >= 11 is 0. The molecule has 1 aromatic heterocycles. The van der Waals surface area contributed by atoms with Crippen molar-refractivity contribution >= 4 is 6.01 Å². The van der Waals surface area contributed by atoms with E-state index in [-0.39, 0.29) is 11.6 Å². The Morgan fingerprint density at radius 2 is 1.95 bits per heavy atom. The van der Waals surface area contributed by atoms with Gasteiger partial charge in [-0.15, -0.1) is 0 Å². The van der Waals surface area contributed by atoms with Gasteiger partial charge in [0.25, 0.3) is 0 Å². The third-order valence-corrected chi connectivity index (χ3v) is 3.51. The Hall–Kier alpha value is -1.10. The zero-order valence-corrected chi connectivity index (χ0v) is 12.4. The van der Waals surface area contributed by atoms with Crippen LogP contribution in [0.25, 0.3) is 0 Å². The van der Waals surface area contributed by atoms with E-state index in [4.69, 9.17) is 9.26 Å². The fourth-order valence-corrected chi connectivity index (χ4v) is 2.67. The highest BCUT2D eigenvalue weighted by Crippen LogP contribution is 2.35. The molecular formula is C14H25N3O2. The first kappa shape index (κ1) is 14.3. The molecule has 0 aromatic carbocycles. The molecule has 0 radical (unpaired) electrons. The molecule has 108 valence electrons. The first-order chi connectivity index (χ1) is 8.99. The SMILES string of the molecule is COC(c1noc(NC(C)(C)C)n1)C1CCCCC1. The van der Waals surface area contributed by atoms with Gasteiger partial charge in [0.05, 0.1) is 0 Å². The molecule has 1 aliphatic carbocycles. The molecule has 1 fully saturated rings. The molecule has 0 bridgehead atoms. The summed E-state index contributed by atoms with van der Waals surface area (Å²) in [6.07, 6.45) is 6.21. The van der Waals surface area contributed by atoms with Crippen molar-refractivity contribution < 1.29 is 9.26 Å². The Bertz CT molecular complexity index is 392. The Balaban J connectivity index is 2.06. The van der Waals surface area contributed by atoms with Crippen LogP contribution in [0, 0.1) is 5.92 Å². The van der Waals surface area contributed by atoms with E-state index in [1.165, 1.54) is 32.1 Å². The number of anilines is 1. The summed E-state index contributed by atoms with van der Waals surface area (Å²) < 4.78 is 10.9. The number of aromatic nitrogens is 2. The number of hydrogen-bond donors (Lipinski definition) is 1. The summed E-state index contributed by atoms with van der Waals surface area (Å²) in [7, 11) is 1.73. The van der Waals surface area contributed by atoms with Crippen LogP contribution in [0.1, 0.15) is 64.8 Å². The van der Waals surface area contributed by atoms with Crippen LogP contribution in [0.5, 0.6) is 0 Å². The molecule has 2 rings (SSSR count). The first-order valence-corrected chi connectivity index (χ1v) is 7.14. The molecule has 5 heteroatoms. The van der Waals surface area contributed by atoms with Gasteiger partial charge >= 0.3 is 6.01 Å². The number of hydrogen-bond acceptors (Lipinski definition) is 5. The van der Waals surface area contributed by atoms with Crippen molar-refractivity contribution in [1.29, 1.82) is 0 Å². The highest BCUT2D eigenvalue weighted by Gasteiger charge is 2.29. The average molecular weight is 267 g/mol. The van der Waals surface area contributed by atoms with E-state index >= 15 is 0 Å². The molecule has 1 atom stereocenters. The smallest absolute Gasteiger partial charge is 0.321 e. The number of rotatable bonds is 4.